The molecule has 0 heterocycles. The fourth-order valence-corrected chi connectivity index (χ4v) is 1.98. The Morgan fingerprint density at radius 2 is 1.65 bits per heavy atom. The Kier molecular flexibility index (Phi) is 10.6. The molecule has 1 aromatic rings. The number of carboxylic acids is 2. The number of halogens is 4. The van der Waals surface area contributed by atoms with Gasteiger partial charge in [0.1, 0.15) is 6.04 Å². The normalized spacial score (nSPS) is 11.9. The molecular formula is C15H20ClF3N2O5. The highest BCUT2D eigenvalue weighted by molar-refractivity contribution is 6.18. The summed E-state index contributed by atoms with van der Waals surface area (Å²) in [5, 5.41) is 24.9. The van der Waals surface area contributed by atoms with E-state index in [1.54, 1.807) is 0 Å². The van der Waals surface area contributed by atoms with Gasteiger partial charge in [0.05, 0.1) is 6.61 Å². The Morgan fingerprint density at radius 3 is 2.00 bits per heavy atom. The predicted molar refractivity (Wildman–Crippen MR) is 89.5 cm³/mol. The van der Waals surface area contributed by atoms with E-state index in [0.29, 0.717) is 25.4 Å². The van der Waals surface area contributed by atoms with Crippen LogP contribution in [0.3, 0.4) is 0 Å². The van der Waals surface area contributed by atoms with E-state index in [1.807, 2.05) is 29.2 Å². The van der Waals surface area contributed by atoms with Gasteiger partial charge in [0, 0.05) is 24.7 Å². The molecule has 0 fully saturated rings. The van der Waals surface area contributed by atoms with Crippen LogP contribution in [-0.4, -0.2) is 65.1 Å². The molecule has 0 amide bonds. The van der Waals surface area contributed by atoms with E-state index in [4.69, 9.17) is 37.4 Å². The maximum atomic E-state index is 10.7. The predicted octanol–water partition coefficient (Wildman–Crippen LogP) is 1.31. The van der Waals surface area contributed by atoms with E-state index >= 15 is 0 Å². The molecule has 148 valence electrons. The minimum Gasteiger partial charge on any atom is -0.480 e. The lowest BCUT2D eigenvalue weighted by molar-refractivity contribution is -0.192. The van der Waals surface area contributed by atoms with E-state index in [2.05, 4.69) is 0 Å². The molecule has 0 aromatic heterocycles. The van der Waals surface area contributed by atoms with Gasteiger partial charge < -0.3 is 26.0 Å². The first-order valence-electron chi connectivity index (χ1n) is 7.32. The molecule has 26 heavy (non-hydrogen) atoms. The second-order valence-electron chi connectivity index (χ2n) is 5.02. The molecule has 0 aliphatic rings. The van der Waals surface area contributed by atoms with Gasteiger partial charge in [-0.05, 0) is 24.1 Å². The van der Waals surface area contributed by atoms with Crippen LogP contribution >= 0.6 is 11.6 Å². The summed E-state index contributed by atoms with van der Waals surface area (Å²) < 4.78 is 31.7. The summed E-state index contributed by atoms with van der Waals surface area (Å²) in [5.74, 6) is -3.29. The van der Waals surface area contributed by atoms with E-state index in [9.17, 15) is 18.0 Å². The number of benzene rings is 1. The van der Waals surface area contributed by atoms with E-state index in [1.165, 1.54) is 0 Å². The molecule has 0 aliphatic carbocycles. The van der Waals surface area contributed by atoms with Crippen molar-refractivity contribution in [1.29, 1.82) is 0 Å². The molecule has 0 spiro atoms. The van der Waals surface area contributed by atoms with Gasteiger partial charge in [0.15, 0.2) is 0 Å². The summed E-state index contributed by atoms with van der Waals surface area (Å²) in [6, 6.07) is 6.56. The number of carboxylic acid groups (broad SMARTS) is 2. The smallest absolute Gasteiger partial charge is 0.480 e. The number of carbonyl (C=O) groups is 2. The molecular weight excluding hydrogens is 381 g/mol. The first-order chi connectivity index (χ1) is 12.0. The topological polar surface area (TPSA) is 124 Å². The lowest BCUT2D eigenvalue weighted by atomic mass is 10.1. The average Bonchev–Trinajstić information content (AvgIpc) is 2.55. The fraction of sp³-hybridized carbons (Fsp3) is 0.467. The first kappa shape index (κ1) is 24.0. The van der Waals surface area contributed by atoms with Gasteiger partial charge in [-0.15, -0.1) is 11.6 Å². The van der Waals surface area contributed by atoms with E-state index < -0.39 is 24.2 Å². The second kappa shape index (κ2) is 11.6. The van der Waals surface area contributed by atoms with Crippen LogP contribution in [0.1, 0.15) is 5.56 Å². The molecule has 0 radical (unpaired) electrons. The number of anilines is 1. The SMILES string of the molecule is N[C@H](Cc1ccc(N(CCO)CCCl)cc1)C(=O)O.O=C(O)C(F)(F)F. The number of rotatable bonds is 8. The van der Waals surface area contributed by atoms with Crippen LogP contribution in [0.4, 0.5) is 18.9 Å². The van der Waals surface area contributed by atoms with Crippen molar-refractivity contribution in [3.63, 3.8) is 0 Å². The third-order valence-corrected chi connectivity index (χ3v) is 3.21. The third kappa shape index (κ3) is 9.44. The average molecular weight is 401 g/mol. The van der Waals surface area contributed by atoms with E-state index in [0.717, 1.165) is 11.3 Å². The van der Waals surface area contributed by atoms with Gasteiger partial charge in [-0.1, -0.05) is 12.1 Å². The monoisotopic (exact) mass is 400 g/mol. The van der Waals surface area contributed by atoms with Crippen molar-refractivity contribution in [1.82, 2.24) is 0 Å². The molecule has 0 saturated heterocycles. The highest BCUT2D eigenvalue weighted by Crippen LogP contribution is 2.16. The van der Waals surface area contributed by atoms with Crippen LogP contribution in [0, 0.1) is 0 Å². The van der Waals surface area contributed by atoms with Gasteiger partial charge >= 0.3 is 18.1 Å². The van der Waals surface area contributed by atoms with Gasteiger partial charge in [-0.3, -0.25) is 4.79 Å². The van der Waals surface area contributed by atoms with Gasteiger partial charge in [-0.25, -0.2) is 4.79 Å². The summed E-state index contributed by atoms with van der Waals surface area (Å²) >= 11 is 5.71. The Morgan fingerprint density at radius 1 is 1.15 bits per heavy atom. The largest absolute Gasteiger partial charge is 0.490 e. The molecule has 11 heteroatoms. The zero-order chi connectivity index (χ0) is 20.3. The van der Waals surface area contributed by atoms with E-state index in [-0.39, 0.29) is 6.61 Å². The quantitative estimate of drug-likeness (QED) is 0.485. The first-order valence-corrected chi connectivity index (χ1v) is 7.85. The van der Waals surface area contributed by atoms with Crippen molar-refractivity contribution in [3.05, 3.63) is 29.8 Å². The van der Waals surface area contributed by atoms with Crippen LogP contribution in [0.15, 0.2) is 24.3 Å². The van der Waals surface area contributed by atoms with Crippen LogP contribution in [0.5, 0.6) is 0 Å². The van der Waals surface area contributed by atoms with Crippen molar-refractivity contribution in [2.24, 2.45) is 5.73 Å². The maximum absolute atomic E-state index is 10.7. The molecule has 1 atom stereocenters. The summed E-state index contributed by atoms with van der Waals surface area (Å²) in [7, 11) is 0. The van der Waals surface area contributed by atoms with Crippen molar-refractivity contribution >= 4 is 29.2 Å². The number of nitrogens with two attached hydrogens (primary N) is 1. The van der Waals surface area contributed by atoms with Crippen molar-refractivity contribution in [2.75, 3.05) is 30.5 Å². The lowest BCUT2D eigenvalue weighted by Gasteiger charge is -2.23. The third-order valence-electron chi connectivity index (χ3n) is 3.04. The minimum atomic E-state index is -5.08. The summed E-state index contributed by atoms with van der Waals surface area (Å²) in [6.45, 7) is 1.22. The Hall–Kier alpha value is -2.04. The second-order valence-corrected chi connectivity index (χ2v) is 5.40. The summed E-state index contributed by atoms with van der Waals surface area (Å²) in [4.78, 5) is 21.5. The van der Waals surface area contributed by atoms with Crippen molar-refractivity contribution in [2.45, 2.75) is 18.6 Å². The maximum Gasteiger partial charge on any atom is 0.490 e. The minimum absolute atomic E-state index is 0.0581. The van der Waals surface area contributed by atoms with Crippen LogP contribution < -0.4 is 10.6 Å². The Bertz CT molecular complexity index is 563. The van der Waals surface area contributed by atoms with Gasteiger partial charge in [0.25, 0.3) is 0 Å². The number of nitrogens with zero attached hydrogens (tertiary/aromatic N) is 1. The van der Waals surface area contributed by atoms with Gasteiger partial charge in [0.2, 0.25) is 0 Å². The van der Waals surface area contributed by atoms with Crippen molar-refractivity contribution < 1.29 is 38.1 Å². The lowest BCUT2D eigenvalue weighted by Crippen LogP contribution is -2.32. The number of hydrogen-bond donors (Lipinski definition) is 4. The summed E-state index contributed by atoms with van der Waals surface area (Å²) in [6.07, 6.45) is -4.79. The molecule has 0 aliphatic heterocycles. The number of hydrogen-bond acceptors (Lipinski definition) is 5. The molecule has 1 aromatic carbocycles. The number of aliphatic hydroxyl groups is 1. The number of aliphatic hydroxyl groups excluding tert-OH is 1. The molecule has 0 bridgehead atoms. The Balaban J connectivity index is 0.000000758. The molecule has 0 saturated carbocycles. The van der Waals surface area contributed by atoms with Gasteiger partial charge in [-0.2, -0.15) is 13.2 Å². The Labute approximate surface area is 152 Å². The van der Waals surface area contributed by atoms with Crippen molar-refractivity contribution in [3.8, 4) is 0 Å². The summed E-state index contributed by atoms with van der Waals surface area (Å²) in [5.41, 5.74) is 7.30. The van der Waals surface area contributed by atoms with Crippen LogP contribution in [0.25, 0.3) is 0 Å². The standard InChI is InChI=1S/C13H19ClN2O3.C2HF3O2/c14-5-6-16(7-8-17)11-3-1-10(2-4-11)9-12(15)13(18)19;3-2(4,5)1(6)7/h1-4,12,17H,5-9,15H2,(H,18,19);(H,6,7)/t12-;/m1./s1. The zero-order valence-corrected chi connectivity index (χ0v) is 14.4. The fourth-order valence-electron chi connectivity index (χ4n) is 1.78. The molecule has 1 rings (SSSR count). The zero-order valence-electron chi connectivity index (χ0n) is 13.6. The molecule has 0 unspecified atom stereocenters. The van der Waals surface area contributed by atoms with Crippen LogP contribution in [-0.2, 0) is 16.0 Å². The number of aliphatic carboxylic acids is 2. The molecule has 7 nitrogen and oxygen atoms in total. The highest BCUT2D eigenvalue weighted by atomic mass is 35.5. The highest BCUT2D eigenvalue weighted by Gasteiger charge is 2.38. The molecule has 5 N–H and O–H groups in total. The number of alkyl halides is 4. The van der Waals surface area contributed by atoms with Crippen LogP contribution in [0.2, 0.25) is 0 Å².